The molecule has 20 heavy (non-hydrogen) atoms. The minimum atomic E-state index is -0.135. The van der Waals surface area contributed by atoms with Crippen LogP contribution >= 0.6 is 0 Å². The maximum absolute atomic E-state index is 12.2. The van der Waals surface area contributed by atoms with Crippen LogP contribution in [0.25, 0.3) is 5.52 Å². The predicted octanol–water partition coefficient (Wildman–Crippen LogP) is 1.19. The molecule has 0 bridgehead atoms. The molecule has 3 rings (SSSR count). The van der Waals surface area contributed by atoms with Gasteiger partial charge >= 0.3 is 0 Å². The number of rotatable bonds is 3. The Morgan fingerprint density at radius 2 is 2.25 bits per heavy atom. The van der Waals surface area contributed by atoms with Crippen LogP contribution < -0.4 is 5.32 Å². The molecule has 106 valence electrons. The molecule has 6 heteroatoms. The van der Waals surface area contributed by atoms with Crippen molar-refractivity contribution in [1.29, 1.82) is 0 Å². The average molecular weight is 274 g/mol. The topological polar surface area (TPSA) is 68.5 Å². The largest absolute Gasteiger partial charge is 0.381 e. The maximum Gasteiger partial charge on any atom is 0.272 e. The highest BCUT2D eigenvalue weighted by Gasteiger charge is 2.17. The van der Waals surface area contributed by atoms with Gasteiger partial charge in [0.2, 0.25) is 0 Å². The van der Waals surface area contributed by atoms with Gasteiger partial charge in [0.25, 0.3) is 5.91 Å². The molecule has 0 unspecified atom stereocenters. The van der Waals surface area contributed by atoms with Gasteiger partial charge in [-0.05, 0) is 25.7 Å². The number of aromatic nitrogens is 3. The van der Waals surface area contributed by atoms with Gasteiger partial charge in [-0.3, -0.25) is 9.78 Å². The highest BCUT2D eigenvalue weighted by Crippen LogP contribution is 2.14. The van der Waals surface area contributed by atoms with Gasteiger partial charge in [0.1, 0.15) is 6.33 Å². The van der Waals surface area contributed by atoms with Crippen LogP contribution in [0.4, 0.5) is 0 Å². The quantitative estimate of drug-likeness (QED) is 0.913. The van der Waals surface area contributed by atoms with E-state index in [4.69, 9.17) is 4.74 Å². The predicted molar refractivity (Wildman–Crippen MR) is 73.6 cm³/mol. The number of aryl methyl sites for hydroxylation is 1. The molecule has 1 aliphatic heterocycles. The van der Waals surface area contributed by atoms with Crippen molar-refractivity contribution in [2.45, 2.75) is 19.8 Å². The molecule has 2 aromatic rings. The Labute approximate surface area is 117 Å². The zero-order valence-corrected chi connectivity index (χ0v) is 11.5. The van der Waals surface area contributed by atoms with E-state index in [1.54, 1.807) is 12.5 Å². The number of nitrogens with one attached hydrogen (secondary N) is 1. The van der Waals surface area contributed by atoms with Gasteiger partial charge < -0.3 is 14.5 Å². The second-order valence-corrected chi connectivity index (χ2v) is 5.18. The van der Waals surface area contributed by atoms with Crippen LogP contribution in [0, 0.1) is 12.8 Å². The van der Waals surface area contributed by atoms with Gasteiger partial charge in [-0.2, -0.15) is 0 Å². The molecule has 1 fully saturated rings. The highest BCUT2D eigenvalue weighted by molar-refractivity contribution is 5.98. The zero-order valence-electron chi connectivity index (χ0n) is 11.5. The van der Waals surface area contributed by atoms with Gasteiger partial charge in [-0.25, -0.2) is 4.98 Å². The Morgan fingerprint density at radius 1 is 1.45 bits per heavy atom. The summed E-state index contributed by atoms with van der Waals surface area (Å²) in [5.74, 6) is 0.367. The van der Waals surface area contributed by atoms with Gasteiger partial charge in [0.05, 0.1) is 17.4 Å². The van der Waals surface area contributed by atoms with E-state index in [1.165, 1.54) is 0 Å². The molecule has 1 aliphatic rings. The third kappa shape index (κ3) is 2.65. The number of fused-ring (bicyclic) bond motifs is 1. The first-order valence-electron chi connectivity index (χ1n) is 6.89. The number of amides is 1. The van der Waals surface area contributed by atoms with Gasteiger partial charge in [-0.1, -0.05) is 0 Å². The molecule has 0 atom stereocenters. The fourth-order valence-electron chi connectivity index (χ4n) is 2.45. The summed E-state index contributed by atoms with van der Waals surface area (Å²) < 4.78 is 7.14. The Balaban J connectivity index is 1.69. The van der Waals surface area contributed by atoms with Crippen molar-refractivity contribution in [3.8, 4) is 0 Å². The van der Waals surface area contributed by atoms with Crippen molar-refractivity contribution in [1.82, 2.24) is 19.7 Å². The summed E-state index contributed by atoms with van der Waals surface area (Å²) in [6.07, 6.45) is 7.20. The summed E-state index contributed by atoms with van der Waals surface area (Å²) in [7, 11) is 0. The van der Waals surface area contributed by atoms with Crippen molar-refractivity contribution in [3.05, 3.63) is 30.1 Å². The first-order chi connectivity index (χ1) is 9.74. The van der Waals surface area contributed by atoms with E-state index >= 15 is 0 Å². The third-order valence-electron chi connectivity index (χ3n) is 3.66. The van der Waals surface area contributed by atoms with E-state index < -0.39 is 0 Å². The van der Waals surface area contributed by atoms with Gasteiger partial charge in [0.15, 0.2) is 5.69 Å². The first-order valence-corrected chi connectivity index (χ1v) is 6.89. The molecule has 0 aliphatic carbocycles. The van der Waals surface area contributed by atoms with Gasteiger partial charge in [0, 0.05) is 26.0 Å². The summed E-state index contributed by atoms with van der Waals surface area (Å²) >= 11 is 0. The normalized spacial score (nSPS) is 16.4. The van der Waals surface area contributed by atoms with Crippen LogP contribution in [-0.2, 0) is 4.74 Å². The Kier molecular flexibility index (Phi) is 3.64. The van der Waals surface area contributed by atoms with Gasteiger partial charge in [-0.15, -0.1) is 0 Å². The molecule has 6 nitrogen and oxygen atoms in total. The number of carbonyl (C=O) groups is 1. The molecule has 3 heterocycles. The second kappa shape index (κ2) is 5.58. The van der Waals surface area contributed by atoms with E-state index in [0.29, 0.717) is 18.2 Å². The van der Waals surface area contributed by atoms with E-state index in [9.17, 15) is 4.79 Å². The summed E-state index contributed by atoms with van der Waals surface area (Å²) in [6, 6.07) is 0. The minimum Gasteiger partial charge on any atom is -0.381 e. The van der Waals surface area contributed by atoms with E-state index in [0.717, 1.165) is 37.3 Å². The summed E-state index contributed by atoms with van der Waals surface area (Å²) in [6.45, 7) is 4.17. The second-order valence-electron chi connectivity index (χ2n) is 5.18. The number of carbonyl (C=O) groups excluding carboxylic acids is 1. The molecular weight excluding hydrogens is 256 g/mol. The Hall–Kier alpha value is -1.95. The molecule has 1 saturated heterocycles. The lowest BCUT2D eigenvalue weighted by Crippen LogP contribution is -2.32. The van der Waals surface area contributed by atoms with Crippen molar-refractivity contribution in [2.75, 3.05) is 19.8 Å². The van der Waals surface area contributed by atoms with Crippen LogP contribution in [0.3, 0.4) is 0 Å². The lowest BCUT2D eigenvalue weighted by molar-refractivity contribution is 0.0642. The highest BCUT2D eigenvalue weighted by atomic mass is 16.5. The average Bonchev–Trinajstić information content (AvgIpc) is 2.89. The van der Waals surface area contributed by atoms with Crippen LogP contribution in [0.5, 0.6) is 0 Å². The monoisotopic (exact) mass is 274 g/mol. The van der Waals surface area contributed by atoms with E-state index in [1.807, 2.05) is 17.5 Å². The maximum atomic E-state index is 12.2. The molecule has 0 spiro atoms. The molecule has 1 N–H and O–H groups in total. The number of ether oxygens (including phenoxy) is 1. The molecule has 0 saturated carbocycles. The van der Waals surface area contributed by atoms with Crippen LogP contribution in [0.2, 0.25) is 0 Å². The Bertz CT molecular complexity index is 617. The zero-order chi connectivity index (χ0) is 13.9. The SMILES string of the molecule is Cc1cn2cnc(C(=O)NCC3CCOCC3)c2cn1. The Morgan fingerprint density at radius 3 is 3.05 bits per heavy atom. The number of imidazole rings is 1. The first kappa shape index (κ1) is 13.1. The van der Waals surface area contributed by atoms with E-state index in [2.05, 4.69) is 15.3 Å². The fraction of sp³-hybridized carbons (Fsp3) is 0.500. The lowest BCUT2D eigenvalue weighted by atomic mass is 10.0. The standard InChI is InChI=1S/C14H18N4O2/c1-10-8-18-9-17-13(12(18)7-15-10)14(19)16-6-11-2-4-20-5-3-11/h7-9,11H,2-6H2,1H3,(H,16,19). The molecule has 0 radical (unpaired) electrons. The summed E-state index contributed by atoms with van der Waals surface area (Å²) in [4.78, 5) is 20.6. The summed E-state index contributed by atoms with van der Waals surface area (Å²) in [5, 5.41) is 2.96. The minimum absolute atomic E-state index is 0.135. The van der Waals surface area contributed by atoms with Crippen molar-refractivity contribution in [3.63, 3.8) is 0 Å². The fourth-order valence-corrected chi connectivity index (χ4v) is 2.45. The smallest absolute Gasteiger partial charge is 0.272 e. The van der Waals surface area contributed by atoms with Crippen molar-refractivity contribution >= 4 is 11.4 Å². The number of hydrogen-bond acceptors (Lipinski definition) is 4. The summed E-state index contributed by atoms with van der Waals surface area (Å²) in [5.41, 5.74) is 2.06. The third-order valence-corrected chi connectivity index (χ3v) is 3.66. The van der Waals surface area contributed by atoms with E-state index in [-0.39, 0.29) is 5.91 Å². The van der Waals surface area contributed by atoms with Crippen molar-refractivity contribution < 1.29 is 9.53 Å². The van der Waals surface area contributed by atoms with Crippen LogP contribution in [0.15, 0.2) is 18.7 Å². The molecule has 0 aromatic carbocycles. The number of nitrogens with zero attached hydrogens (tertiary/aromatic N) is 3. The molecule has 1 amide bonds. The van der Waals surface area contributed by atoms with Crippen LogP contribution in [-0.4, -0.2) is 40.0 Å². The molecule has 2 aromatic heterocycles. The number of hydrogen-bond donors (Lipinski definition) is 1. The van der Waals surface area contributed by atoms with Crippen LogP contribution in [0.1, 0.15) is 29.0 Å². The molecular formula is C14H18N4O2. The lowest BCUT2D eigenvalue weighted by Gasteiger charge is -2.21. The van der Waals surface area contributed by atoms with Crippen molar-refractivity contribution in [2.24, 2.45) is 5.92 Å².